The molecule has 11 nitrogen and oxygen atoms in total. The summed E-state index contributed by atoms with van der Waals surface area (Å²) in [6.07, 6.45) is -0.0715. The molecule has 4 N–H and O–H groups in total. The first-order valence-corrected chi connectivity index (χ1v) is 12.4. The Bertz CT molecular complexity index is 984. The standard InChI is InChI=1S/C22H29N2O9P/c1-14(22(28)30-2)13-34(29,33-16-8-4-3-5-9-16)31-12-17-18(25)19(26)21(32-17)24-10-6-7-15(11-24)20(23)27/h3-6,8-11,14,17-19,21,25-26H,7,12-13H2,1-2H3,(H2,23,27)/t14-,17-,18+,19?,21-,34?/m1/s1. The van der Waals surface area contributed by atoms with E-state index in [1.54, 1.807) is 42.6 Å². The molecule has 2 unspecified atom stereocenters. The summed E-state index contributed by atoms with van der Waals surface area (Å²) in [6, 6.07) is 8.31. The number of nitrogens with zero attached hydrogens (tertiary/aromatic N) is 1. The molecule has 186 valence electrons. The summed E-state index contributed by atoms with van der Waals surface area (Å²) in [7, 11) is -2.69. The van der Waals surface area contributed by atoms with E-state index in [0.717, 1.165) is 0 Å². The van der Waals surface area contributed by atoms with Gasteiger partial charge in [0.15, 0.2) is 6.23 Å². The third-order valence-electron chi connectivity index (χ3n) is 5.39. The number of benzene rings is 1. The number of amides is 1. The van der Waals surface area contributed by atoms with E-state index in [1.165, 1.54) is 25.1 Å². The van der Waals surface area contributed by atoms with E-state index in [4.69, 9.17) is 24.3 Å². The maximum atomic E-state index is 13.5. The summed E-state index contributed by atoms with van der Waals surface area (Å²) in [5.74, 6) is -1.71. The summed E-state index contributed by atoms with van der Waals surface area (Å²) in [5.41, 5.74) is 5.64. The molecule has 1 amide bonds. The van der Waals surface area contributed by atoms with Crippen molar-refractivity contribution in [3.63, 3.8) is 0 Å². The van der Waals surface area contributed by atoms with Gasteiger partial charge < -0.3 is 34.8 Å². The quantitative estimate of drug-likeness (QED) is 0.317. The molecule has 1 saturated heterocycles. The zero-order chi connectivity index (χ0) is 24.9. The first-order valence-electron chi connectivity index (χ1n) is 10.7. The first-order chi connectivity index (χ1) is 16.1. The van der Waals surface area contributed by atoms with Crippen molar-refractivity contribution in [2.45, 2.75) is 37.9 Å². The Balaban J connectivity index is 1.72. The van der Waals surface area contributed by atoms with Crippen LogP contribution in [0.15, 0.2) is 54.4 Å². The van der Waals surface area contributed by atoms with Gasteiger partial charge in [0.25, 0.3) is 0 Å². The van der Waals surface area contributed by atoms with Crippen molar-refractivity contribution in [3.8, 4) is 5.75 Å². The van der Waals surface area contributed by atoms with Gasteiger partial charge in [0.1, 0.15) is 24.1 Å². The molecule has 34 heavy (non-hydrogen) atoms. The van der Waals surface area contributed by atoms with E-state index in [9.17, 15) is 24.4 Å². The first kappa shape index (κ1) is 25.9. The van der Waals surface area contributed by atoms with Crippen molar-refractivity contribution in [3.05, 3.63) is 54.4 Å². The highest BCUT2D eigenvalue weighted by Gasteiger charge is 2.46. The number of nitrogens with two attached hydrogens (primary N) is 1. The fraction of sp³-hybridized carbons (Fsp3) is 0.455. The van der Waals surface area contributed by atoms with Crippen molar-refractivity contribution in [1.82, 2.24) is 4.90 Å². The van der Waals surface area contributed by atoms with Gasteiger partial charge in [-0.2, -0.15) is 0 Å². The van der Waals surface area contributed by atoms with Crippen molar-refractivity contribution in [2.75, 3.05) is 19.9 Å². The Morgan fingerprint density at radius 2 is 1.97 bits per heavy atom. The van der Waals surface area contributed by atoms with Crippen LogP contribution in [-0.4, -0.2) is 71.4 Å². The number of primary amides is 1. The van der Waals surface area contributed by atoms with Gasteiger partial charge in [-0.1, -0.05) is 31.2 Å². The molecule has 1 aromatic rings. The average Bonchev–Trinajstić information content (AvgIpc) is 3.11. The van der Waals surface area contributed by atoms with E-state index in [0.29, 0.717) is 12.0 Å². The van der Waals surface area contributed by atoms with Crippen molar-refractivity contribution in [1.29, 1.82) is 0 Å². The average molecular weight is 496 g/mol. The number of esters is 1. The minimum Gasteiger partial charge on any atom is -0.469 e. The molecule has 2 aliphatic heterocycles. The predicted octanol–water partition coefficient (Wildman–Crippen LogP) is 1.12. The summed E-state index contributed by atoms with van der Waals surface area (Å²) >= 11 is 0. The molecule has 12 heteroatoms. The van der Waals surface area contributed by atoms with Gasteiger partial charge in [-0.15, -0.1) is 0 Å². The molecule has 0 spiro atoms. The molecule has 3 rings (SSSR count). The van der Waals surface area contributed by atoms with Crippen molar-refractivity contribution in [2.24, 2.45) is 11.7 Å². The lowest BCUT2D eigenvalue weighted by Crippen LogP contribution is -2.40. The maximum absolute atomic E-state index is 13.5. The molecule has 0 bridgehead atoms. The third kappa shape index (κ3) is 6.25. The Morgan fingerprint density at radius 3 is 2.62 bits per heavy atom. The van der Waals surface area contributed by atoms with E-state index in [-0.39, 0.29) is 11.9 Å². The number of carbonyl (C=O) groups is 2. The Hall–Kier alpha value is -2.69. The lowest BCUT2D eigenvalue weighted by Gasteiger charge is -2.28. The second-order valence-corrected chi connectivity index (χ2v) is 10.0. The summed E-state index contributed by atoms with van der Waals surface area (Å²) < 4.78 is 35.2. The molecule has 1 fully saturated rings. The smallest absolute Gasteiger partial charge is 0.380 e. The van der Waals surface area contributed by atoms with Crippen LogP contribution < -0.4 is 10.3 Å². The normalized spacial score (nSPS) is 26.9. The van der Waals surface area contributed by atoms with Crippen molar-refractivity contribution < 1.29 is 42.9 Å². The van der Waals surface area contributed by atoms with Crippen LogP contribution in [0.3, 0.4) is 0 Å². The zero-order valence-electron chi connectivity index (χ0n) is 18.9. The molecule has 0 radical (unpaired) electrons. The van der Waals surface area contributed by atoms with Crippen LogP contribution in [0.2, 0.25) is 0 Å². The molecule has 0 aliphatic carbocycles. The molecular formula is C22H29N2O9P. The molecule has 2 heterocycles. The Morgan fingerprint density at radius 1 is 1.26 bits per heavy atom. The van der Waals surface area contributed by atoms with Crippen LogP contribution in [0.5, 0.6) is 5.75 Å². The van der Waals surface area contributed by atoms with Crippen LogP contribution in [0.4, 0.5) is 0 Å². The topological polar surface area (TPSA) is 158 Å². The van der Waals surface area contributed by atoms with Gasteiger partial charge in [0, 0.05) is 18.0 Å². The molecule has 1 aromatic carbocycles. The number of carbonyl (C=O) groups excluding carboxylic acids is 2. The number of hydrogen-bond acceptors (Lipinski definition) is 10. The fourth-order valence-corrected chi connectivity index (χ4v) is 5.44. The van der Waals surface area contributed by atoms with Gasteiger partial charge in [-0.25, -0.2) is 4.57 Å². The van der Waals surface area contributed by atoms with Gasteiger partial charge in [-0.05, 0) is 18.6 Å². The minimum atomic E-state index is -3.91. The summed E-state index contributed by atoms with van der Waals surface area (Å²) in [6.45, 7) is 1.14. The SMILES string of the molecule is COC(=O)[C@H](C)CP(=O)(OC[C@H]1O[C@@H](N2C=CCC(C(N)=O)=C2)C(O)[C@H]1O)Oc1ccccc1. The minimum absolute atomic E-state index is 0.274. The number of hydrogen-bond donors (Lipinski definition) is 3. The summed E-state index contributed by atoms with van der Waals surface area (Å²) in [5, 5.41) is 21.0. The third-order valence-corrected chi connectivity index (χ3v) is 7.42. The number of rotatable bonds is 10. The number of aliphatic hydroxyl groups excluding tert-OH is 2. The van der Waals surface area contributed by atoms with Crippen LogP contribution >= 0.6 is 7.60 Å². The second-order valence-electron chi connectivity index (χ2n) is 8.02. The van der Waals surface area contributed by atoms with Gasteiger partial charge in [-0.3, -0.25) is 14.1 Å². The zero-order valence-corrected chi connectivity index (χ0v) is 19.7. The largest absolute Gasteiger partial charge is 0.469 e. The van der Waals surface area contributed by atoms with Gasteiger partial charge in [0.2, 0.25) is 5.91 Å². The number of para-hydroxylation sites is 1. The van der Waals surface area contributed by atoms with E-state index in [1.807, 2.05) is 0 Å². The van der Waals surface area contributed by atoms with Crippen molar-refractivity contribution >= 4 is 19.5 Å². The molecule has 0 aromatic heterocycles. The van der Waals surface area contributed by atoms with Crippen LogP contribution in [0.1, 0.15) is 13.3 Å². The molecular weight excluding hydrogens is 467 g/mol. The molecule has 0 saturated carbocycles. The fourth-order valence-electron chi connectivity index (χ4n) is 3.57. The molecule has 2 aliphatic rings. The van der Waals surface area contributed by atoms with E-state index >= 15 is 0 Å². The lowest BCUT2D eigenvalue weighted by molar-refractivity contribution is -0.144. The number of aliphatic hydroxyl groups is 2. The number of ether oxygens (including phenoxy) is 2. The van der Waals surface area contributed by atoms with Crippen LogP contribution in [0.25, 0.3) is 0 Å². The number of methoxy groups -OCH3 is 1. The monoisotopic (exact) mass is 496 g/mol. The highest BCUT2D eigenvalue weighted by Crippen LogP contribution is 2.50. The maximum Gasteiger partial charge on any atom is 0.380 e. The number of allylic oxidation sites excluding steroid dienone is 1. The highest BCUT2D eigenvalue weighted by molar-refractivity contribution is 7.54. The second kappa shape index (κ2) is 11.2. The Kier molecular flexibility index (Phi) is 8.51. The van der Waals surface area contributed by atoms with Crippen LogP contribution in [-0.2, 0) is 28.2 Å². The predicted molar refractivity (Wildman–Crippen MR) is 120 cm³/mol. The summed E-state index contributed by atoms with van der Waals surface area (Å²) in [4.78, 5) is 24.8. The Labute approximate surface area is 197 Å². The lowest BCUT2D eigenvalue weighted by atomic mass is 10.1. The van der Waals surface area contributed by atoms with Crippen LogP contribution in [0, 0.1) is 5.92 Å². The van der Waals surface area contributed by atoms with E-state index < -0.39 is 56.5 Å². The molecule has 6 atom stereocenters. The van der Waals surface area contributed by atoms with E-state index in [2.05, 4.69) is 0 Å². The highest BCUT2D eigenvalue weighted by atomic mass is 31.2. The van der Waals surface area contributed by atoms with Gasteiger partial charge in [0.05, 0.1) is 25.8 Å². The van der Waals surface area contributed by atoms with Gasteiger partial charge >= 0.3 is 13.6 Å².